The van der Waals surface area contributed by atoms with Crippen LogP contribution in [0, 0.1) is 47.3 Å². The molecule has 0 bridgehead atoms. The predicted octanol–water partition coefficient (Wildman–Crippen LogP) is 3.70. The number of carbonyl (C=O) groups excluding carboxylic acids is 2. The van der Waals surface area contributed by atoms with Gasteiger partial charge in [0.1, 0.15) is 24.4 Å². The summed E-state index contributed by atoms with van der Waals surface area (Å²) in [5.74, 6) is -9.10. The van der Waals surface area contributed by atoms with E-state index in [9.17, 15) is 50.4 Å². The number of rotatable bonds is 15. The minimum absolute atomic E-state index is 0.0782. The number of esters is 2. The minimum Gasteiger partial charge on any atom is -0.458 e. The molecule has 0 aromatic carbocycles. The number of hydrogen-bond acceptors (Lipinski definition) is 19. The average Bonchev–Trinajstić information content (AvgIpc) is 3.33. The number of ether oxygens (including phenoxy) is 9. The van der Waals surface area contributed by atoms with Crippen molar-refractivity contribution < 1.29 is 93.1 Å². The maximum atomic E-state index is 13.6. The van der Waals surface area contributed by atoms with E-state index < -0.39 is 151 Å². The Balaban J connectivity index is 1.30. The molecule has 0 aromatic heterocycles. The fourth-order valence-corrected chi connectivity index (χ4v) is 11.7. The largest absolute Gasteiger partial charge is 0.458 e. The van der Waals surface area contributed by atoms with Crippen LogP contribution in [0.25, 0.3) is 0 Å². The summed E-state index contributed by atoms with van der Waals surface area (Å²) in [7, 11) is 1.51. The second-order valence-electron chi connectivity index (χ2n) is 21.5. The van der Waals surface area contributed by atoms with Crippen LogP contribution < -0.4 is 0 Å². The Morgan fingerprint density at radius 3 is 1.55 bits per heavy atom. The van der Waals surface area contributed by atoms with Crippen LogP contribution in [0.2, 0.25) is 0 Å². The molecule has 0 aromatic rings. The second kappa shape index (κ2) is 26.6. The van der Waals surface area contributed by atoms with Gasteiger partial charge in [0.05, 0.1) is 54.9 Å². The highest BCUT2D eigenvalue weighted by Crippen LogP contribution is 2.46. The van der Waals surface area contributed by atoms with Crippen LogP contribution in [0.5, 0.6) is 0 Å². The SMILES string of the molecule is CC[C@@H]1[C@@H](C)O[C@@](OC)([C@@H](C)[C@H](O)[C@H](C)[C@H]2OC(=O)/C=C\C=C/[C@@H](C)[C@@H]([C@@H](C)[C@@H](O)[C@H](C)[C@@]3(O)C[C@@H](O[C@H]4C[C@H](O)[C@H](O)[C@H](O)O4)[C@H](CC)[C@@H](C)O3)OC(=O)/C=C/C=C/[C@@H]2C)C[C@H]1O[C@H]1C[C@H](O)[C@H](O)[C@H](C)O1. The second-order valence-corrected chi connectivity index (χ2v) is 21.5. The highest BCUT2D eigenvalue weighted by molar-refractivity contribution is 5.83. The lowest BCUT2D eigenvalue weighted by atomic mass is 9.76. The summed E-state index contributed by atoms with van der Waals surface area (Å²) in [6, 6.07) is 0. The van der Waals surface area contributed by atoms with E-state index in [1.54, 1.807) is 65.8 Å². The minimum atomic E-state index is -1.93. The lowest BCUT2D eigenvalue weighted by Crippen LogP contribution is -2.60. The van der Waals surface area contributed by atoms with Crippen LogP contribution in [0.3, 0.4) is 0 Å². The zero-order valence-corrected chi connectivity index (χ0v) is 44.8. The number of hydrogen-bond donors (Lipinski definition) is 8. The molecule has 19 nitrogen and oxygen atoms in total. The summed E-state index contributed by atoms with van der Waals surface area (Å²) in [5.41, 5.74) is 0. The molecule has 5 aliphatic rings. The maximum Gasteiger partial charge on any atom is 0.331 e. The first-order valence-electron chi connectivity index (χ1n) is 26.4. The van der Waals surface area contributed by atoms with Crippen LogP contribution in [-0.4, -0.2) is 170 Å². The monoisotopic (exact) mass is 1040 g/mol. The topological polar surface area (TPSA) is 279 Å². The number of methoxy groups -OCH3 is 1. The highest BCUT2D eigenvalue weighted by Gasteiger charge is 2.55. The number of aliphatic hydroxyl groups is 8. The molecule has 26 atom stereocenters. The van der Waals surface area contributed by atoms with Crippen molar-refractivity contribution in [1.82, 2.24) is 0 Å². The van der Waals surface area contributed by atoms with Crippen LogP contribution in [0.15, 0.2) is 48.6 Å². The van der Waals surface area contributed by atoms with Gasteiger partial charge in [-0.2, -0.15) is 0 Å². The molecule has 0 radical (unpaired) electrons. The van der Waals surface area contributed by atoms with Gasteiger partial charge in [-0.3, -0.25) is 0 Å². The van der Waals surface area contributed by atoms with Crippen molar-refractivity contribution in [2.45, 2.75) is 224 Å². The van der Waals surface area contributed by atoms with E-state index in [2.05, 4.69) is 0 Å². The van der Waals surface area contributed by atoms with Gasteiger partial charge >= 0.3 is 11.9 Å². The molecule has 4 fully saturated rings. The fourth-order valence-electron chi connectivity index (χ4n) is 11.7. The number of cyclic esters (lactones) is 2. The van der Waals surface area contributed by atoms with Crippen molar-refractivity contribution >= 4 is 11.9 Å². The molecule has 5 heterocycles. The highest BCUT2D eigenvalue weighted by atomic mass is 16.7. The Morgan fingerprint density at radius 2 is 1.08 bits per heavy atom. The van der Waals surface area contributed by atoms with Gasteiger partial charge in [-0.25, -0.2) is 9.59 Å². The normalized spacial score (nSPS) is 45.6. The average molecular weight is 1040 g/mol. The van der Waals surface area contributed by atoms with Crippen molar-refractivity contribution in [3.63, 3.8) is 0 Å². The lowest BCUT2D eigenvalue weighted by Gasteiger charge is -2.52. The Hall–Kier alpha value is -2.70. The van der Waals surface area contributed by atoms with Crippen LogP contribution >= 0.6 is 0 Å². The molecule has 5 aliphatic heterocycles. The molecule has 5 rings (SSSR count). The van der Waals surface area contributed by atoms with E-state index in [-0.39, 0.29) is 43.6 Å². The number of aliphatic hydroxyl groups excluding tert-OH is 7. The molecule has 8 N–H and O–H groups in total. The molecule has 0 amide bonds. The van der Waals surface area contributed by atoms with Gasteiger partial charge in [0.15, 0.2) is 30.4 Å². The van der Waals surface area contributed by atoms with Crippen molar-refractivity contribution in [2.75, 3.05) is 7.11 Å². The van der Waals surface area contributed by atoms with Gasteiger partial charge in [0.25, 0.3) is 0 Å². The molecule has 0 saturated carbocycles. The van der Waals surface area contributed by atoms with Gasteiger partial charge < -0.3 is 83.5 Å². The molecule has 0 aliphatic carbocycles. The lowest BCUT2D eigenvalue weighted by molar-refractivity contribution is -0.358. The molecule has 0 unspecified atom stereocenters. The smallest absolute Gasteiger partial charge is 0.331 e. The zero-order valence-electron chi connectivity index (χ0n) is 44.8. The van der Waals surface area contributed by atoms with Crippen molar-refractivity contribution in [1.29, 1.82) is 0 Å². The van der Waals surface area contributed by atoms with Crippen LogP contribution in [0.1, 0.15) is 115 Å². The molecule has 0 spiro atoms. The quantitative estimate of drug-likeness (QED) is 0.109. The van der Waals surface area contributed by atoms with Crippen molar-refractivity contribution in [3.05, 3.63) is 48.6 Å². The fraction of sp³-hybridized carbons (Fsp3) is 0.815. The molecule has 4 saturated heterocycles. The Labute approximate surface area is 431 Å². The molecule has 19 heteroatoms. The van der Waals surface area contributed by atoms with Crippen LogP contribution in [0.4, 0.5) is 0 Å². The van der Waals surface area contributed by atoms with Crippen LogP contribution in [-0.2, 0) is 52.2 Å². The van der Waals surface area contributed by atoms with Crippen molar-refractivity contribution in [3.8, 4) is 0 Å². The van der Waals surface area contributed by atoms with E-state index in [0.717, 1.165) is 0 Å². The Kier molecular flexibility index (Phi) is 22.3. The van der Waals surface area contributed by atoms with Gasteiger partial charge in [-0.1, -0.05) is 91.8 Å². The Morgan fingerprint density at radius 1 is 0.630 bits per heavy atom. The van der Waals surface area contributed by atoms with E-state index in [0.29, 0.717) is 12.8 Å². The van der Waals surface area contributed by atoms with E-state index in [1.807, 2.05) is 34.6 Å². The third-order valence-electron chi connectivity index (χ3n) is 16.5. The van der Waals surface area contributed by atoms with Gasteiger partial charge in [0.2, 0.25) is 0 Å². The molecule has 73 heavy (non-hydrogen) atoms. The molecular weight excluding hydrogens is 953 g/mol. The van der Waals surface area contributed by atoms with Gasteiger partial charge in [0, 0.05) is 92.3 Å². The maximum absolute atomic E-state index is 13.6. The molecule has 418 valence electrons. The first-order chi connectivity index (χ1) is 34.3. The van der Waals surface area contributed by atoms with E-state index in [1.165, 1.54) is 31.4 Å². The Bertz CT molecular complexity index is 1860. The summed E-state index contributed by atoms with van der Waals surface area (Å²) in [6.07, 6.45) is -1.80. The number of carbonyl (C=O) groups is 2. The summed E-state index contributed by atoms with van der Waals surface area (Å²) < 4.78 is 55.2. The summed E-state index contributed by atoms with van der Waals surface area (Å²) in [4.78, 5) is 27.1. The molecular formula is C54H88O19. The summed E-state index contributed by atoms with van der Waals surface area (Å²) >= 11 is 0. The van der Waals surface area contributed by atoms with Gasteiger partial charge in [-0.05, 0) is 33.6 Å². The predicted molar refractivity (Wildman–Crippen MR) is 264 cm³/mol. The summed E-state index contributed by atoms with van der Waals surface area (Å²) in [5, 5.41) is 87.5. The first-order valence-corrected chi connectivity index (χ1v) is 26.4. The third-order valence-corrected chi connectivity index (χ3v) is 16.5. The zero-order chi connectivity index (χ0) is 54.3. The summed E-state index contributed by atoms with van der Waals surface area (Å²) in [6.45, 7) is 19.9. The first kappa shape index (κ1) is 61.2. The third kappa shape index (κ3) is 14.7. The van der Waals surface area contributed by atoms with Crippen molar-refractivity contribution in [2.24, 2.45) is 47.3 Å². The van der Waals surface area contributed by atoms with E-state index in [4.69, 9.17) is 42.6 Å². The standard InChI is InChI=1S/C54H88O19/c1-13-36-33(9)72-53(64,25-40(36)67-45-24-39(56)49(62)52(63)71-45)31(7)46(59)29(5)50-27(3)19-15-17-22-43(58)70-51(28(4)20-16-18-21-42(57)69-50)30(6)47(60)32(8)54(65-12)26-41(37(14-2)34(10)73-54)68-44-23-38(55)48(61)35(11)66-44/h15-22,27-41,44-52,55-56,59-64H,13-14,23-26H2,1-12H3/b19-15-,20-16+,21-18+,22-17-/t27-,28+,29+,30+,31+,32+,33-,34-,35+,36-,37-,38+,39+,40-,41-,44+,45-,46-,47-,48-,49+,50+,51+,52-,53-,54-/m1/s1. The van der Waals surface area contributed by atoms with Gasteiger partial charge in [-0.15, -0.1) is 0 Å². The van der Waals surface area contributed by atoms with E-state index >= 15 is 0 Å². The number of allylic oxidation sites excluding steroid dienone is 4.